The van der Waals surface area contributed by atoms with E-state index < -0.39 is 0 Å². The summed E-state index contributed by atoms with van der Waals surface area (Å²) in [6, 6.07) is 6.10. The summed E-state index contributed by atoms with van der Waals surface area (Å²) in [6.45, 7) is 9.76. The number of nitrogens with one attached hydrogen (secondary N) is 2. The van der Waals surface area contributed by atoms with Crippen LogP contribution in [0.2, 0.25) is 0 Å². The molecule has 1 aromatic carbocycles. The number of hydrogen-bond acceptors (Lipinski definition) is 5. The molecule has 2 N–H and O–H groups in total. The topological polar surface area (TPSA) is 74.3 Å². The van der Waals surface area contributed by atoms with E-state index in [9.17, 15) is 9.59 Å². The van der Waals surface area contributed by atoms with Crippen molar-refractivity contribution in [1.29, 1.82) is 0 Å². The zero-order chi connectivity index (χ0) is 21.0. The van der Waals surface area contributed by atoms with E-state index in [4.69, 9.17) is 0 Å². The van der Waals surface area contributed by atoms with E-state index in [1.54, 1.807) is 0 Å². The average molecular weight is 415 g/mol. The van der Waals surface area contributed by atoms with Gasteiger partial charge >= 0.3 is 0 Å². The molecule has 0 aliphatic carbocycles. The molecule has 2 aromatic rings. The number of aromatic nitrogens is 1. The number of nitrogens with zero attached hydrogens (tertiary/aromatic N) is 2. The van der Waals surface area contributed by atoms with Gasteiger partial charge in [-0.1, -0.05) is 25.1 Å². The molecule has 0 bridgehead atoms. The average Bonchev–Trinajstić information content (AvgIpc) is 3.00. The first-order valence-corrected chi connectivity index (χ1v) is 11.0. The Morgan fingerprint density at radius 1 is 1.24 bits per heavy atom. The summed E-state index contributed by atoms with van der Waals surface area (Å²) in [5.74, 6) is -0.137. The van der Waals surface area contributed by atoms with E-state index in [1.807, 2.05) is 32.9 Å². The lowest BCUT2D eigenvalue weighted by molar-refractivity contribution is -0.123. The Morgan fingerprint density at radius 3 is 2.72 bits per heavy atom. The molecule has 0 saturated carbocycles. The molecule has 1 aliphatic heterocycles. The fourth-order valence-electron chi connectivity index (χ4n) is 3.73. The highest BCUT2D eigenvalue weighted by Gasteiger charge is 2.27. The molecule has 1 aromatic heterocycles. The van der Waals surface area contributed by atoms with Crippen molar-refractivity contribution in [2.45, 2.75) is 47.0 Å². The molecule has 0 radical (unpaired) electrons. The van der Waals surface area contributed by atoms with Crippen molar-refractivity contribution in [3.05, 3.63) is 39.9 Å². The Balaban J connectivity index is 1.57. The quantitative estimate of drug-likeness (QED) is 0.751. The van der Waals surface area contributed by atoms with Gasteiger partial charge in [-0.3, -0.25) is 14.5 Å². The number of para-hydroxylation sites is 1. The number of anilines is 2. The van der Waals surface area contributed by atoms with E-state index >= 15 is 0 Å². The molecule has 2 heterocycles. The van der Waals surface area contributed by atoms with Gasteiger partial charge in [-0.15, -0.1) is 11.3 Å². The molecule has 156 valence electrons. The van der Waals surface area contributed by atoms with Gasteiger partial charge in [0.2, 0.25) is 11.8 Å². The highest BCUT2D eigenvalue weighted by molar-refractivity contribution is 7.15. The molecule has 1 aliphatic rings. The van der Waals surface area contributed by atoms with Crippen molar-refractivity contribution >= 4 is 34.0 Å². The van der Waals surface area contributed by atoms with Crippen molar-refractivity contribution < 1.29 is 9.59 Å². The molecule has 7 heteroatoms. The van der Waals surface area contributed by atoms with Crippen molar-refractivity contribution in [1.82, 2.24) is 9.88 Å². The van der Waals surface area contributed by atoms with Gasteiger partial charge in [0.05, 0.1) is 18.2 Å². The zero-order valence-electron chi connectivity index (χ0n) is 17.7. The fourth-order valence-corrected chi connectivity index (χ4v) is 4.56. The Hall–Kier alpha value is -2.25. The van der Waals surface area contributed by atoms with Gasteiger partial charge in [-0.2, -0.15) is 0 Å². The Kier molecular flexibility index (Phi) is 7.03. The number of hydrogen-bond donors (Lipinski definition) is 2. The van der Waals surface area contributed by atoms with Crippen LogP contribution in [0.1, 0.15) is 41.5 Å². The minimum Gasteiger partial charge on any atom is -0.325 e. The number of carbonyl (C=O) groups is 2. The maximum atomic E-state index is 12.9. The Morgan fingerprint density at radius 2 is 2.03 bits per heavy atom. The Labute approximate surface area is 176 Å². The van der Waals surface area contributed by atoms with Crippen LogP contribution < -0.4 is 10.6 Å². The molecule has 29 heavy (non-hydrogen) atoms. The highest BCUT2D eigenvalue weighted by atomic mass is 32.1. The molecule has 1 saturated heterocycles. The number of thiazole rings is 1. The number of carbonyl (C=O) groups excluding carboxylic acids is 2. The van der Waals surface area contributed by atoms with Gasteiger partial charge in [-0.05, 0) is 57.7 Å². The van der Waals surface area contributed by atoms with Gasteiger partial charge < -0.3 is 10.6 Å². The van der Waals surface area contributed by atoms with Crippen LogP contribution in [-0.4, -0.2) is 41.3 Å². The van der Waals surface area contributed by atoms with Crippen LogP contribution in [0, 0.1) is 26.7 Å². The van der Waals surface area contributed by atoms with Crippen LogP contribution in [0.15, 0.2) is 18.2 Å². The lowest BCUT2D eigenvalue weighted by Gasteiger charge is -2.31. The standard InChI is InChI=1S/C22H30N4O2S/c1-5-17-9-6-8-14(2)20(17)25-21(28)18-10-7-11-26(12-18)13-19(27)24-22-23-15(3)16(4)29-22/h6,8-9,18H,5,7,10-13H2,1-4H3,(H,25,28)(H,23,24,27). The summed E-state index contributed by atoms with van der Waals surface area (Å²) in [5, 5.41) is 6.67. The first-order valence-electron chi connectivity index (χ1n) is 10.2. The van der Waals surface area contributed by atoms with Gasteiger partial charge in [-0.25, -0.2) is 4.98 Å². The predicted molar refractivity (Wildman–Crippen MR) is 119 cm³/mol. The molecule has 1 fully saturated rings. The van der Waals surface area contributed by atoms with Crippen LogP contribution in [0.5, 0.6) is 0 Å². The van der Waals surface area contributed by atoms with E-state index in [1.165, 1.54) is 11.3 Å². The third kappa shape index (κ3) is 5.42. The van der Waals surface area contributed by atoms with Crippen LogP contribution in [0.4, 0.5) is 10.8 Å². The molecule has 3 rings (SSSR count). The van der Waals surface area contributed by atoms with E-state index in [0.29, 0.717) is 11.7 Å². The van der Waals surface area contributed by atoms with Crippen molar-refractivity contribution in [2.75, 3.05) is 30.3 Å². The van der Waals surface area contributed by atoms with E-state index in [-0.39, 0.29) is 24.3 Å². The lowest BCUT2D eigenvalue weighted by Crippen LogP contribution is -2.44. The van der Waals surface area contributed by atoms with Crippen LogP contribution in [0.25, 0.3) is 0 Å². The number of rotatable bonds is 6. The third-order valence-corrected chi connectivity index (χ3v) is 6.49. The minimum absolute atomic E-state index is 0.0466. The van der Waals surface area contributed by atoms with Gasteiger partial charge in [0.1, 0.15) is 0 Å². The molecule has 1 atom stereocenters. The smallest absolute Gasteiger partial charge is 0.240 e. The van der Waals surface area contributed by atoms with Crippen molar-refractivity contribution in [3.63, 3.8) is 0 Å². The molecular formula is C22H30N4O2S. The lowest BCUT2D eigenvalue weighted by atomic mass is 9.96. The molecule has 0 spiro atoms. The number of likely N-dealkylation sites (tertiary alicyclic amines) is 1. The largest absolute Gasteiger partial charge is 0.325 e. The van der Waals surface area contributed by atoms with E-state index in [0.717, 1.165) is 53.2 Å². The summed E-state index contributed by atoms with van der Waals surface area (Å²) in [6.07, 6.45) is 2.64. The summed E-state index contributed by atoms with van der Waals surface area (Å²) in [4.78, 5) is 32.8. The number of amides is 2. The number of benzene rings is 1. The van der Waals surface area contributed by atoms with Crippen LogP contribution >= 0.6 is 11.3 Å². The first-order chi connectivity index (χ1) is 13.9. The second-order valence-electron chi connectivity index (χ2n) is 7.73. The van der Waals surface area contributed by atoms with Gasteiger partial charge in [0.15, 0.2) is 5.13 Å². The van der Waals surface area contributed by atoms with Crippen molar-refractivity contribution in [2.24, 2.45) is 5.92 Å². The molecule has 1 unspecified atom stereocenters. The van der Waals surface area contributed by atoms with E-state index in [2.05, 4.69) is 33.5 Å². The SMILES string of the molecule is CCc1cccc(C)c1NC(=O)C1CCCN(CC(=O)Nc2nc(C)c(C)s2)C1. The van der Waals surface area contributed by atoms with Gasteiger partial charge in [0, 0.05) is 17.1 Å². The summed E-state index contributed by atoms with van der Waals surface area (Å²) in [7, 11) is 0. The number of piperidine rings is 1. The van der Waals surface area contributed by atoms with Crippen LogP contribution in [0.3, 0.4) is 0 Å². The normalized spacial score (nSPS) is 17.2. The molecule has 6 nitrogen and oxygen atoms in total. The zero-order valence-corrected chi connectivity index (χ0v) is 18.5. The number of aryl methyl sites for hydroxylation is 4. The van der Waals surface area contributed by atoms with Crippen LogP contribution in [-0.2, 0) is 16.0 Å². The molecule has 2 amide bonds. The monoisotopic (exact) mass is 414 g/mol. The molecular weight excluding hydrogens is 384 g/mol. The Bertz CT molecular complexity index is 873. The summed E-state index contributed by atoms with van der Waals surface area (Å²) in [5.41, 5.74) is 4.12. The highest BCUT2D eigenvalue weighted by Crippen LogP contribution is 2.25. The fraction of sp³-hybridized carbons (Fsp3) is 0.500. The summed E-state index contributed by atoms with van der Waals surface area (Å²) < 4.78 is 0. The predicted octanol–water partition coefficient (Wildman–Crippen LogP) is 3.92. The van der Waals surface area contributed by atoms with Crippen molar-refractivity contribution in [3.8, 4) is 0 Å². The first kappa shape index (κ1) is 21.5. The maximum absolute atomic E-state index is 12.9. The second kappa shape index (κ2) is 9.50. The van der Waals surface area contributed by atoms with Gasteiger partial charge in [0.25, 0.3) is 0 Å². The maximum Gasteiger partial charge on any atom is 0.240 e. The minimum atomic E-state index is -0.106. The summed E-state index contributed by atoms with van der Waals surface area (Å²) >= 11 is 1.49. The third-order valence-electron chi connectivity index (χ3n) is 5.51. The second-order valence-corrected chi connectivity index (χ2v) is 8.94.